The number of hydrogen-bond acceptors (Lipinski definition) is 6. The normalized spacial score (nSPS) is 19.3. The van der Waals surface area contributed by atoms with Crippen molar-refractivity contribution in [1.29, 1.82) is 0 Å². The van der Waals surface area contributed by atoms with Crippen molar-refractivity contribution < 1.29 is 23.5 Å². The average Bonchev–Trinajstić information content (AvgIpc) is 2.76. The van der Waals surface area contributed by atoms with Crippen molar-refractivity contribution in [3.05, 3.63) is 65.1 Å². The number of nitrogens with zero attached hydrogens (tertiary/aromatic N) is 2. The third-order valence-corrected chi connectivity index (χ3v) is 5.40. The lowest BCUT2D eigenvalue weighted by molar-refractivity contribution is 0.0282. The zero-order valence-electron chi connectivity index (χ0n) is 17.3. The average molecular weight is 412 g/mol. The van der Waals surface area contributed by atoms with Gasteiger partial charge in [0.05, 0.1) is 18.7 Å². The van der Waals surface area contributed by atoms with Gasteiger partial charge in [-0.15, -0.1) is 0 Å². The summed E-state index contributed by atoms with van der Waals surface area (Å²) in [7, 11) is 1.50. The van der Waals surface area contributed by atoms with Gasteiger partial charge in [0.15, 0.2) is 6.29 Å². The second-order valence-electron chi connectivity index (χ2n) is 7.30. The molecule has 2 aromatic carbocycles. The number of methoxy groups -OCH3 is 1. The Hall–Kier alpha value is -3.15. The first-order valence-corrected chi connectivity index (χ1v) is 9.73. The van der Waals surface area contributed by atoms with Gasteiger partial charge >= 0.3 is 0 Å². The molecule has 2 aromatic rings. The van der Waals surface area contributed by atoms with E-state index in [-0.39, 0.29) is 24.6 Å². The minimum atomic E-state index is -0.291. The van der Waals surface area contributed by atoms with Crippen molar-refractivity contribution in [3.63, 3.8) is 0 Å². The maximum atomic E-state index is 13.2. The number of piperazine rings is 1. The number of carbonyl (C=O) groups excluding carboxylic acids is 2. The van der Waals surface area contributed by atoms with E-state index in [9.17, 15) is 14.0 Å². The second-order valence-corrected chi connectivity index (χ2v) is 7.30. The highest BCUT2D eigenvalue weighted by molar-refractivity contribution is 5.83. The summed E-state index contributed by atoms with van der Waals surface area (Å²) in [4.78, 5) is 27.2. The van der Waals surface area contributed by atoms with Crippen LogP contribution in [0.25, 0.3) is 0 Å². The number of hydrogen-bond donors (Lipinski definition) is 0. The summed E-state index contributed by atoms with van der Waals surface area (Å²) in [5, 5.41) is 0. The molecule has 0 unspecified atom stereocenters. The van der Waals surface area contributed by atoms with Gasteiger partial charge in [0.25, 0.3) is 0 Å². The fourth-order valence-electron chi connectivity index (χ4n) is 3.68. The highest BCUT2D eigenvalue weighted by Gasteiger charge is 2.34. The number of rotatable bonds is 7. The van der Waals surface area contributed by atoms with Gasteiger partial charge < -0.3 is 14.4 Å². The lowest BCUT2D eigenvalue weighted by Gasteiger charge is -2.45. The Labute approximate surface area is 175 Å². The summed E-state index contributed by atoms with van der Waals surface area (Å²) >= 11 is 0. The van der Waals surface area contributed by atoms with Crippen molar-refractivity contribution >= 4 is 12.2 Å². The molecule has 6 nitrogen and oxygen atoms in total. The van der Waals surface area contributed by atoms with Gasteiger partial charge in [-0.1, -0.05) is 18.2 Å². The lowest BCUT2D eigenvalue weighted by Crippen LogP contribution is -2.55. The van der Waals surface area contributed by atoms with Gasteiger partial charge in [-0.2, -0.15) is 0 Å². The maximum Gasteiger partial charge on any atom is 0.157 e. The molecule has 0 aliphatic carbocycles. The number of benzene rings is 2. The quantitative estimate of drug-likeness (QED) is 0.514. The van der Waals surface area contributed by atoms with E-state index >= 15 is 0 Å². The van der Waals surface area contributed by atoms with Gasteiger partial charge in [0.2, 0.25) is 0 Å². The predicted octanol–water partition coefficient (Wildman–Crippen LogP) is 3.29. The van der Waals surface area contributed by atoms with Gasteiger partial charge in [0, 0.05) is 19.1 Å². The van der Waals surface area contributed by atoms with Crippen LogP contribution < -0.4 is 9.47 Å². The van der Waals surface area contributed by atoms with Gasteiger partial charge in [-0.25, -0.2) is 9.18 Å². The van der Waals surface area contributed by atoms with E-state index in [2.05, 4.69) is 5.94 Å². The van der Waals surface area contributed by atoms with Crippen molar-refractivity contribution in [3.8, 4) is 11.5 Å². The minimum absolute atomic E-state index is 0.0159. The van der Waals surface area contributed by atoms with E-state index in [0.29, 0.717) is 42.1 Å². The standard InChI is InChI=1S/C23H25FN2O4/c1-16-11-25(15-30-23-6-4-5-22(29-3)20(23)13-27)17(2)21(14-28)26(16)12-18-7-9-19(24)10-8-18/h4-10,13,16-17H,11-12,15H2,1-3H3/t16-,17+/m1/s1. The van der Waals surface area contributed by atoms with Crippen LogP contribution in [-0.4, -0.2) is 54.5 Å². The summed E-state index contributed by atoms with van der Waals surface area (Å²) in [6.07, 6.45) is 0.706. The molecular weight excluding hydrogens is 387 g/mol. The third-order valence-electron chi connectivity index (χ3n) is 5.40. The highest BCUT2D eigenvalue weighted by atomic mass is 19.1. The number of aldehydes is 1. The fourth-order valence-corrected chi connectivity index (χ4v) is 3.68. The van der Waals surface area contributed by atoms with Gasteiger partial charge in [-0.05, 0) is 43.7 Å². The zero-order valence-corrected chi connectivity index (χ0v) is 17.3. The summed E-state index contributed by atoms with van der Waals surface area (Å²) in [6.45, 7) is 5.28. The molecule has 1 aliphatic heterocycles. The van der Waals surface area contributed by atoms with Crippen LogP contribution >= 0.6 is 0 Å². The first-order valence-electron chi connectivity index (χ1n) is 9.73. The molecule has 0 spiro atoms. The molecule has 7 heteroatoms. The smallest absolute Gasteiger partial charge is 0.157 e. The molecule has 0 saturated carbocycles. The van der Waals surface area contributed by atoms with Crippen LogP contribution in [0.4, 0.5) is 4.39 Å². The first-order chi connectivity index (χ1) is 14.5. The van der Waals surface area contributed by atoms with Crippen LogP contribution in [0.3, 0.4) is 0 Å². The lowest BCUT2D eigenvalue weighted by atomic mass is 10.0. The molecule has 3 rings (SSSR count). The van der Waals surface area contributed by atoms with Crippen LogP contribution in [0.15, 0.2) is 48.2 Å². The number of halogens is 1. The van der Waals surface area contributed by atoms with E-state index in [1.165, 1.54) is 19.2 Å². The second kappa shape index (κ2) is 9.57. The Morgan fingerprint density at radius 2 is 1.87 bits per heavy atom. The molecule has 30 heavy (non-hydrogen) atoms. The highest BCUT2D eigenvalue weighted by Crippen LogP contribution is 2.29. The Morgan fingerprint density at radius 1 is 1.17 bits per heavy atom. The van der Waals surface area contributed by atoms with Crippen LogP contribution in [0.5, 0.6) is 11.5 Å². The van der Waals surface area contributed by atoms with Gasteiger partial charge in [-0.3, -0.25) is 9.69 Å². The topological polar surface area (TPSA) is 59.1 Å². The molecule has 0 amide bonds. The monoisotopic (exact) mass is 412 g/mol. The van der Waals surface area contributed by atoms with Crippen LogP contribution in [0, 0.1) is 5.82 Å². The van der Waals surface area contributed by atoms with E-state index in [4.69, 9.17) is 9.47 Å². The molecule has 158 valence electrons. The van der Waals surface area contributed by atoms with Crippen LogP contribution in [0.2, 0.25) is 0 Å². The Bertz CT molecular complexity index is 941. The van der Waals surface area contributed by atoms with E-state index in [0.717, 1.165) is 5.56 Å². The number of ether oxygens (including phenoxy) is 2. The Morgan fingerprint density at radius 3 is 2.50 bits per heavy atom. The minimum Gasteiger partial charge on any atom is -0.496 e. The molecule has 1 aliphatic rings. The van der Waals surface area contributed by atoms with Crippen LogP contribution in [-0.2, 0) is 11.3 Å². The molecule has 0 bridgehead atoms. The Balaban J connectivity index is 1.73. The van der Waals surface area contributed by atoms with Crippen molar-refractivity contribution in [2.75, 3.05) is 20.4 Å². The first kappa shape index (κ1) is 21.6. The largest absolute Gasteiger partial charge is 0.496 e. The van der Waals surface area contributed by atoms with Crippen molar-refractivity contribution in [2.24, 2.45) is 0 Å². The molecule has 1 saturated heterocycles. The summed E-state index contributed by atoms with van der Waals surface area (Å²) in [5.41, 5.74) is 1.78. The summed E-state index contributed by atoms with van der Waals surface area (Å²) < 4.78 is 24.3. The fraction of sp³-hybridized carbons (Fsp3) is 0.348. The maximum absolute atomic E-state index is 13.2. The Kier molecular flexibility index (Phi) is 6.87. The molecule has 0 aromatic heterocycles. The van der Waals surface area contributed by atoms with Crippen molar-refractivity contribution in [2.45, 2.75) is 32.5 Å². The molecule has 0 N–H and O–H groups in total. The zero-order chi connectivity index (χ0) is 21.7. The van der Waals surface area contributed by atoms with Gasteiger partial charge in [0.1, 0.15) is 35.7 Å². The summed E-state index contributed by atoms with van der Waals surface area (Å²) in [5.74, 6) is 2.66. The molecule has 0 radical (unpaired) electrons. The summed E-state index contributed by atoms with van der Waals surface area (Å²) in [6, 6.07) is 11.2. The third kappa shape index (κ3) is 4.53. The molecule has 2 atom stereocenters. The molecule has 1 fully saturated rings. The van der Waals surface area contributed by atoms with E-state index in [1.807, 2.05) is 23.6 Å². The SMILES string of the molecule is COc1cccc(OCN2C[C@@H](C)N(Cc3ccc(F)cc3)C(=C=O)[C@@H]2C)c1C=O. The number of carbonyl (C=O) groups is 1. The van der Waals surface area contributed by atoms with E-state index < -0.39 is 0 Å². The molecular formula is C23H25FN2O4. The molecule has 1 heterocycles. The van der Waals surface area contributed by atoms with Crippen molar-refractivity contribution in [1.82, 2.24) is 9.80 Å². The van der Waals surface area contributed by atoms with Crippen LogP contribution in [0.1, 0.15) is 29.8 Å². The predicted molar refractivity (Wildman–Crippen MR) is 111 cm³/mol. The van der Waals surface area contributed by atoms with E-state index in [1.54, 1.807) is 30.3 Å².